The second kappa shape index (κ2) is 19.4. The van der Waals surface area contributed by atoms with Crippen LogP contribution in [0, 0.1) is 11.8 Å². The van der Waals surface area contributed by atoms with Crippen molar-refractivity contribution in [3.8, 4) is 5.75 Å². The molecular formula is C42H51N5O12. The Morgan fingerprint density at radius 3 is 2.12 bits per heavy atom. The highest BCUT2D eigenvalue weighted by Gasteiger charge is 2.43. The van der Waals surface area contributed by atoms with Crippen LogP contribution in [0.25, 0.3) is 0 Å². The van der Waals surface area contributed by atoms with Crippen molar-refractivity contribution in [2.24, 2.45) is 11.8 Å². The molecule has 12 atom stereocenters. The van der Waals surface area contributed by atoms with Gasteiger partial charge in [-0.2, -0.15) is 0 Å². The maximum absolute atomic E-state index is 14.6. The molecule has 59 heavy (non-hydrogen) atoms. The van der Waals surface area contributed by atoms with Gasteiger partial charge in [-0.15, -0.1) is 0 Å². The third-order valence-electron chi connectivity index (χ3n) is 11.1. The molecule has 2 aromatic carbocycles. The fraction of sp³-hybridized carbons (Fsp3) is 0.476. The lowest BCUT2D eigenvalue weighted by molar-refractivity contribution is -0.147. The molecule has 8 rings (SSSR count). The van der Waals surface area contributed by atoms with E-state index in [4.69, 9.17) is 9.47 Å². The van der Waals surface area contributed by atoms with Crippen molar-refractivity contribution in [3.63, 3.8) is 0 Å². The summed E-state index contributed by atoms with van der Waals surface area (Å²) in [6, 6.07) is 8.79. The van der Waals surface area contributed by atoms with Crippen molar-refractivity contribution in [1.29, 1.82) is 0 Å². The van der Waals surface area contributed by atoms with Gasteiger partial charge in [0.1, 0.15) is 36.0 Å². The van der Waals surface area contributed by atoms with Gasteiger partial charge in [-0.25, -0.2) is 4.79 Å². The number of carbonyl (C=O) groups excluding carboxylic acids is 5. The number of allylic oxidation sites excluding steroid dienone is 1. The van der Waals surface area contributed by atoms with Crippen LogP contribution in [0.5, 0.6) is 5.75 Å². The van der Waals surface area contributed by atoms with Crippen molar-refractivity contribution in [1.82, 2.24) is 26.6 Å². The average molecular weight is 818 g/mol. The van der Waals surface area contributed by atoms with E-state index in [0.717, 1.165) is 0 Å². The first-order valence-corrected chi connectivity index (χ1v) is 19.8. The molecule has 4 heterocycles. The first-order valence-electron chi connectivity index (χ1n) is 19.8. The molecule has 17 heteroatoms. The predicted octanol–water partition coefficient (Wildman–Crippen LogP) is 0.0464. The summed E-state index contributed by atoms with van der Waals surface area (Å²) in [7, 11) is 0. The zero-order valence-electron chi connectivity index (χ0n) is 32.4. The highest BCUT2D eigenvalue weighted by molar-refractivity contribution is 5.96. The molecule has 0 saturated carbocycles. The monoisotopic (exact) mass is 817 g/mol. The number of phenolic OH excluding ortho intramolecular Hbond substituents is 1. The summed E-state index contributed by atoms with van der Waals surface area (Å²) in [6.07, 6.45) is 1.94. The van der Waals surface area contributed by atoms with Crippen LogP contribution >= 0.6 is 0 Å². The Kier molecular flexibility index (Phi) is 14.1. The Labute approximate surface area is 340 Å². The molecule has 316 valence electrons. The Hall–Kier alpha value is -5.62. The molecule has 2 saturated heterocycles. The number of ether oxygens (including phenoxy) is 2. The molecule has 6 aliphatic rings. The third kappa shape index (κ3) is 11.1. The molecule has 0 aromatic heterocycles. The summed E-state index contributed by atoms with van der Waals surface area (Å²) in [5, 5.41) is 54.7. The van der Waals surface area contributed by atoms with Crippen LogP contribution in [0.2, 0.25) is 0 Å². The van der Waals surface area contributed by atoms with Crippen molar-refractivity contribution < 1.29 is 58.7 Å². The number of aliphatic hydroxyl groups is 2. The molecule has 5 amide bonds. The van der Waals surface area contributed by atoms with E-state index in [9.17, 15) is 49.2 Å². The summed E-state index contributed by atoms with van der Waals surface area (Å²) >= 11 is 0. The zero-order valence-corrected chi connectivity index (χ0v) is 32.4. The molecule has 17 nitrogen and oxygen atoms in total. The van der Waals surface area contributed by atoms with Crippen LogP contribution in [0.15, 0.2) is 78.9 Å². The van der Waals surface area contributed by atoms with Crippen molar-refractivity contribution in [2.45, 2.75) is 106 Å². The second-order valence-corrected chi connectivity index (χ2v) is 15.5. The number of benzene rings is 2. The third-order valence-corrected chi connectivity index (χ3v) is 11.1. The van der Waals surface area contributed by atoms with Gasteiger partial charge >= 0.3 is 5.97 Å². The van der Waals surface area contributed by atoms with Gasteiger partial charge in [-0.3, -0.25) is 24.0 Å². The van der Waals surface area contributed by atoms with Gasteiger partial charge in [0.25, 0.3) is 5.91 Å². The number of hydrogen-bond donors (Lipinski definition) is 9. The van der Waals surface area contributed by atoms with Gasteiger partial charge in [-0.05, 0) is 68.2 Å². The van der Waals surface area contributed by atoms with E-state index in [0.29, 0.717) is 36.8 Å². The van der Waals surface area contributed by atoms with Crippen LogP contribution in [0.4, 0.5) is 0 Å². The molecule has 0 spiro atoms. The smallest absolute Gasteiger partial charge is 0.326 e. The molecule has 9 N–H and O–H groups in total. The number of aromatic hydroxyl groups is 1. The van der Waals surface area contributed by atoms with E-state index in [2.05, 4.69) is 26.6 Å². The van der Waals surface area contributed by atoms with Crippen LogP contribution in [0.1, 0.15) is 56.3 Å². The lowest BCUT2D eigenvalue weighted by Crippen LogP contribution is -2.64. The Morgan fingerprint density at radius 2 is 1.47 bits per heavy atom. The van der Waals surface area contributed by atoms with Gasteiger partial charge in [0.15, 0.2) is 6.10 Å². The molecule has 2 aromatic rings. The Morgan fingerprint density at radius 1 is 0.780 bits per heavy atom. The fourth-order valence-electron chi connectivity index (χ4n) is 7.88. The Bertz CT molecular complexity index is 1910. The fourth-order valence-corrected chi connectivity index (χ4v) is 7.88. The van der Waals surface area contributed by atoms with E-state index >= 15 is 0 Å². The first-order chi connectivity index (χ1) is 28.2. The van der Waals surface area contributed by atoms with Crippen LogP contribution < -0.4 is 26.6 Å². The highest BCUT2D eigenvalue weighted by Crippen LogP contribution is 2.34. The number of fused-ring (bicyclic) bond motifs is 18. The van der Waals surface area contributed by atoms with E-state index in [1.165, 1.54) is 19.1 Å². The zero-order chi connectivity index (χ0) is 42.2. The standard InChI is InChI=1S/C42H51N5O12/c1-22(48)33-39(53)43-21-32(50)44-31(42(56)57)20-24-9-15-28(16-10-24)58-36-26-11-17-29(18-12-26)59-37(25-5-3-2-4-6-25)35(51)41(55)45-30(19-23-7-13-27(49)14-8-23)38(52)47-34(36)40(54)46-33/h2-9,11,13-15,17,22,24,26,28-31,33-37,48-49,51H,10,12,16,18-21H2,1H3,(H,43,53)(H,44,50)(H,45,55)(H,46,54)(H,47,52)(H,56,57)/t22?,24?,26?,28?,29?,30-,31-,33-,34-,35?,36?,37?/m0/s1. The predicted molar refractivity (Wildman–Crippen MR) is 209 cm³/mol. The lowest BCUT2D eigenvalue weighted by Gasteiger charge is -2.39. The summed E-state index contributed by atoms with van der Waals surface area (Å²) in [4.78, 5) is 81.3. The van der Waals surface area contributed by atoms with Gasteiger partial charge in [0.2, 0.25) is 23.6 Å². The van der Waals surface area contributed by atoms with Crippen molar-refractivity contribution in [3.05, 3.63) is 90.0 Å². The van der Waals surface area contributed by atoms with Gasteiger partial charge in [-0.1, -0.05) is 66.8 Å². The average Bonchev–Trinajstić information content (AvgIpc) is 3.22. The summed E-state index contributed by atoms with van der Waals surface area (Å²) < 4.78 is 13.1. The number of phenols is 1. The molecule has 4 bridgehead atoms. The number of carbonyl (C=O) groups is 6. The minimum atomic E-state index is -1.77. The number of rotatable bonds is 5. The topological polar surface area (TPSA) is 262 Å². The van der Waals surface area contributed by atoms with Gasteiger partial charge < -0.3 is 56.5 Å². The molecule has 4 aliphatic heterocycles. The molecule has 8 unspecified atom stereocenters. The van der Waals surface area contributed by atoms with Crippen LogP contribution in [-0.2, 0) is 44.7 Å². The normalized spacial score (nSPS) is 32.9. The quantitative estimate of drug-likeness (QED) is 0.143. The highest BCUT2D eigenvalue weighted by atomic mass is 16.5. The number of aliphatic hydroxyl groups excluding tert-OH is 2. The van der Waals surface area contributed by atoms with E-state index in [1.54, 1.807) is 66.8 Å². The van der Waals surface area contributed by atoms with E-state index < -0.39 is 109 Å². The maximum atomic E-state index is 14.6. The minimum absolute atomic E-state index is 0.0323. The number of carboxylic acid groups (broad SMARTS) is 1. The maximum Gasteiger partial charge on any atom is 0.326 e. The van der Waals surface area contributed by atoms with E-state index in [-0.39, 0.29) is 24.5 Å². The van der Waals surface area contributed by atoms with Crippen LogP contribution in [-0.4, -0.2) is 117 Å². The number of hydrogen-bond acceptors (Lipinski definition) is 11. The molecule has 0 radical (unpaired) electrons. The first kappa shape index (κ1) is 43.0. The summed E-state index contributed by atoms with van der Waals surface area (Å²) in [6.45, 7) is 0.597. The summed E-state index contributed by atoms with van der Waals surface area (Å²) in [5.74, 6) is -6.52. The SMILES string of the molecule is CC(O)[C@@H]1NC(=O)[C@H]2NC(=O)[C@H](Cc3ccc(O)cc3)NC(=O)C(O)C(c3ccccc3)OC3C=CC(CC3)C2OC2C=CC(CC2)C[C@@H](C(=O)O)NC(=O)CNC1=O. The molecule has 2 aliphatic carbocycles. The van der Waals surface area contributed by atoms with E-state index in [1.807, 2.05) is 0 Å². The number of nitrogens with one attached hydrogen (secondary N) is 5. The molecular weight excluding hydrogens is 766 g/mol. The van der Waals surface area contributed by atoms with Gasteiger partial charge in [0.05, 0.1) is 31.0 Å². The Balaban J connectivity index is 1.42. The number of aliphatic carboxylic acids is 1. The summed E-state index contributed by atoms with van der Waals surface area (Å²) in [5.41, 5.74) is 1.05. The largest absolute Gasteiger partial charge is 0.508 e. The van der Waals surface area contributed by atoms with Crippen LogP contribution in [0.3, 0.4) is 0 Å². The minimum Gasteiger partial charge on any atom is -0.508 e. The number of amides is 5. The molecule has 2 fully saturated rings. The van der Waals surface area contributed by atoms with Gasteiger partial charge in [0, 0.05) is 12.3 Å². The lowest BCUT2D eigenvalue weighted by atomic mass is 9.84. The van der Waals surface area contributed by atoms with Crippen molar-refractivity contribution in [2.75, 3.05) is 6.54 Å². The second-order valence-electron chi connectivity index (χ2n) is 15.5. The number of carboxylic acids is 1. The van der Waals surface area contributed by atoms with Crippen molar-refractivity contribution >= 4 is 35.5 Å².